The predicted molar refractivity (Wildman–Crippen MR) is 91.0 cm³/mol. The summed E-state index contributed by atoms with van der Waals surface area (Å²) in [6.45, 7) is 1.33. The highest BCUT2D eigenvalue weighted by atomic mass is 35.5. The predicted octanol–water partition coefficient (Wildman–Crippen LogP) is 2.27. The van der Waals surface area contributed by atoms with E-state index < -0.39 is 5.91 Å². The van der Waals surface area contributed by atoms with Crippen LogP contribution >= 0.6 is 11.6 Å². The molecule has 1 saturated heterocycles. The summed E-state index contributed by atoms with van der Waals surface area (Å²) in [6, 6.07) is 11.6. The van der Waals surface area contributed by atoms with Gasteiger partial charge in [0.05, 0.1) is 17.2 Å². The largest absolute Gasteiger partial charge is 0.507 e. The summed E-state index contributed by atoms with van der Waals surface area (Å²) in [5, 5.41) is 25.9. The fraction of sp³-hybridized carbons (Fsp3) is 0.118. The number of nitriles is 1. The Morgan fingerprint density at radius 1 is 1.25 bits per heavy atom. The van der Waals surface area contributed by atoms with Crippen LogP contribution in [-0.4, -0.2) is 30.1 Å². The number of phenols is 1. The standard InChI is InChI=1S/C17H13ClN4O2/c18-12-3-1-2-10(8-12)14-11(9-19)4-5-13(23)15(14)16(24)22-17-20-6-7-21-17/h1-5,8,23H,6-7H2,(H2,20,21,22,24). The van der Waals surface area contributed by atoms with Crippen molar-refractivity contribution in [3.63, 3.8) is 0 Å². The molecule has 0 bridgehead atoms. The number of hydrogen-bond acceptors (Lipinski definition) is 3. The van der Waals surface area contributed by atoms with Crippen molar-refractivity contribution in [3.8, 4) is 22.9 Å². The van der Waals surface area contributed by atoms with E-state index in [-0.39, 0.29) is 16.9 Å². The lowest BCUT2D eigenvalue weighted by molar-refractivity contribution is 0.100. The van der Waals surface area contributed by atoms with Crippen LogP contribution in [0.2, 0.25) is 5.02 Å². The molecule has 0 aliphatic carbocycles. The molecule has 1 aliphatic rings. The molecule has 0 unspecified atom stereocenters. The second-order valence-corrected chi connectivity index (χ2v) is 5.56. The van der Waals surface area contributed by atoms with Crippen molar-refractivity contribution in [2.75, 3.05) is 13.1 Å². The average Bonchev–Trinajstić information content (AvgIpc) is 3.07. The van der Waals surface area contributed by atoms with Crippen molar-refractivity contribution < 1.29 is 9.90 Å². The number of amides is 1. The first-order valence-electron chi connectivity index (χ1n) is 7.23. The minimum Gasteiger partial charge on any atom is -0.507 e. The Morgan fingerprint density at radius 3 is 2.67 bits per heavy atom. The van der Waals surface area contributed by atoms with Gasteiger partial charge < -0.3 is 15.7 Å². The number of rotatable bonds is 2. The van der Waals surface area contributed by atoms with Crippen molar-refractivity contribution >= 4 is 23.5 Å². The fourth-order valence-electron chi connectivity index (χ4n) is 2.51. The number of guanidine groups is 1. The third kappa shape index (κ3) is 3.03. The first-order chi connectivity index (χ1) is 11.6. The van der Waals surface area contributed by atoms with Gasteiger partial charge in [0.25, 0.3) is 5.91 Å². The van der Waals surface area contributed by atoms with Crippen molar-refractivity contribution in [2.45, 2.75) is 0 Å². The quantitative estimate of drug-likeness (QED) is 0.779. The van der Waals surface area contributed by atoms with Crippen LogP contribution in [0, 0.1) is 11.3 Å². The van der Waals surface area contributed by atoms with E-state index in [0.717, 1.165) is 0 Å². The SMILES string of the molecule is N#Cc1ccc(O)c(C(=O)N=C2NCCN2)c1-c1cccc(Cl)c1. The summed E-state index contributed by atoms with van der Waals surface area (Å²) in [5.74, 6) is -0.536. The van der Waals surface area contributed by atoms with Crippen LogP contribution in [0.1, 0.15) is 15.9 Å². The van der Waals surface area contributed by atoms with Crippen molar-refractivity contribution in [2.24, 2.45) is 4.99 Å². The lowest BCUT2D eigenvalue weighted by Gasteiger charge is -2.12. The number of carbonyl (C=O) groups is 1. The van der Waals surface area contributed by atoms with Crippen LogP contribution in [-0.2, 0) is 0 Å². The minimum atomic E-state index is -0.642. The first-order valence-corrected chi connectivity index (χ1v) is 7.60. The zero-order chi connectivity index (χ0) is 17.1. The number of nitrogens with zero attached hydrogens (tertiary/aromatic N) is 2. The third-order valence-electron chi connectivity index (χ3n) is 3.55. The smallest absolute Gasteiger partial charge is 0.284 e. The molecule has 0 aromatic heterocycles. The van der Waals surface area contributed by atoms with Crippen molar-refractivity contribution in [1.29, 1.82) is 5.26 Å². The average molecular weight is 341 g/mol. The van der Waals surface area contributed by atoms with Crippen LogP contribution in [0.3, 0.4) is 0 Å². The molecule has 2 aromatic rings. The van der Waals surface area contributed by atoms with E-state index in [1.807, 2.05) is 6.07 Å². The van der Waals surface area contributed by atoms with E-state index in [0.29, 0.717) is 35.2 Å². The Labute approximate surface area is 143 Å². The Hall–Kier alpha value is -3.04. The van der Waals surface area contributed by atoms with Crippen LogP contribution in [0.5, 0.6) is 5.75 Å². The number of nitrogens with one attached hydrogen (secondary N) is 2. The number of aromatic hydroxyl groups is 1. The molecule has 0 saturated carbocycles. The summed E-state index contributed by atoms with van der Waals surface area (Å²) in [4.78, 5) is 16.5. The number of hydrogen-bond donors (Lipinski definition) is 3. The summed E-state index contributed by atoms with van der Waals surface area (Å²) in [6.07, 6.45) is 0. The molecule has 3 N–H and O–H groups in total. The van der Waals surface area contributed by atoms with Gasteiger partial charge in [-0.25, -0.2) is 0 Å². The Balaban J connectivity index is 2.20. The molecular weight excluding hydrogens is 328 g/mol. The number of halogens is 1. The van der Waals surface area contributed by atoms with Crippen molar-refractivity contribution in [1.82, 2.24) is 10.6 Å². The Morgan fingerprint density at radius 2 is 2.00 bits per heavy atom. The van der Waals surface area contributed by atoms with Crippen LogP contribution in [0.15, 0.2) is 41.4 Å². The molecule has 24 heavy (non-hydrogen) atoms. The molecule has 0 atom stereocenters. The molecule has 0 spiro atoms. The molecule has 1 amide bonds. The third-order valence-corrected chi connectivity index (χ3v) is 3.79. The second-order valence-electron chi connectivity index (χ2n) is 5.12. The number of phenolic OH excluding ortho intramolecular Hbond substituents is 1. The zero-order valence-corrected chi connectivity index (χ0v) is 13.3. The van der Waals surface area contributed by atoms with Crippen LogP contribution in [0.4, 0.5) is 0 Å². The van der Waals surface area contributed by atoms with Gasteiger partial charge in [0, 0.05) is 23.7 Å². The Kier molecular flexibility index (Phi) is 4.36. The molecule has 7 heteroatoms. The second kappa shape index (κ2) is 6.60. The highest BCUT2D eigenvalue weighted by molar-refractivity contribution is 6.31. The minimum absolute atomic E-state index is 0.0284. The highest BCUT2D eigenvalue weighted by Crippen LogP contribution is 2.35. The number of benzene rings is 2. The maximum absolute atomic E-state index is 12.6. The maximum atomic E-state index is 12.6. The van der Waals surface area contributed by atoms with E-state index in [1.165, 1.54) is 12.1 Å². The van der Waals surface area contributed by atoms with E-state index in [2.05, 4.69) is 15.6 Å². The fourth-order valence-corrected chi connectivity index (χ4v) is 2.70. The topological polar surface area (TPSA) is 97.5 Å². The summed E-state index contributed by atoms with van der Waals surface area (Å²) >= 11 is 6.02. The molecule has 3 rings (SSSR count). The van der Waals surface area contributed by atoms with Gasteiger partial charge >= 0.3 is 0 Å². The van der Waals surface area contributed by atoms with Gasteiger partial charge in [-0.15, -0.1) is 0 Å². The molecule has 2 aromatic carbocycles. The van der Waals surface area contributed by atoms with E-state index in [9.17, 15) is 15.2 Å². The molecular formula is C17H13ClN4O2. The summed E-state index contributed by atoms with van der Waals surface area (Å²) in [5.41, 5.74) is 1.10. The van der Waals surface area contributed by atoms with E-state index in [4.69, 9.17) is 11.6 Å². The van der Waals surface area contributed by atoms with E-state index >= 15 is 0 Å². The van der Waals surface area contributed by atoms with Crippen molar-refractivity contribution in [3.05, 3.63) is 52.5 Å². The van der Waals surface area contributed by atoms with Gasteiger partial charge in [-0.05, 0) is 29.8 Å². The first kappa shape index (κ1) is 15.8. The highest BCUT2D eigenvalue weighted by Gasteiger charge is 2.22. The van der Waals surface area contributed by atoms with Crippen LogP contribution < -0.4 is 10.6 Å². The van der Waals surface area contributed by atoms with Gasteiger partial charge in [-0.1, -0.05) is 23.7 Å². The molecule has 1 aliphatic heterocycles. The summed E-state index contributed by atoms with van der Waals surface area (Å²) in [7, 11) is 0. The van der Waals surface area contributed by atoms with Gasteiger partial charge in [-0.3, -0.25) is 4.79 Å². The number of aliphatic imine (C=N–C) groups is 1. The summed E-state index contributed by atoms with van der Waals surface area (Å²) < 4.78 is 0. The molecule has 0 radical (unpaired) electrons. The Bertz CT molecular complexity index is 879. The lowest BCUT2D eigenvalue weighted by atomic mass is 9.93. The maximum Gasteiger partial charge on any atom is 0.284 e. The zero-order valence-electron chi connectivity index (χ0n) is 12.5. The van der Waals surface area contributed by atoms with Gasteiger partial charge in [0.1, 0.15) is 5.75 Å². The molecule has 6 nitrogen and oxygen atoms in total. The van der Waals surface area contributed by atoms with Crippen LogP contribution in [0.25, 0.3) is 11.1 Å². The number of carbonyl (C=O) groups excluding carboxylic acids is 1. The lowest BCUT2D eigenvalue weighted by Crippen LogP contribution is -2.25. The molecule has 1 heterocycles. The normalized spacial score (nSPS) is 12.9. The van der Waals surface area contributed by atoms with Gasteiger partial charge in [0.2, 0.25) is 0 Å². The molecule has 120 valence electrons. The van der Waals surface area contributed by atoms with E-state index in [1.54, 1.807) is 24.3 Å². The monoisotopic (exact) mass is 340 g/mol. The van der Waals surface area contributed by atoms with Gasteiger partial charge in [0.15, 0.2) is 5.96 Å². The van der Waals surface area contributed by atoms with Gasteiger partial charge in [-0.2, -0.15) is 10.3 Å². The molecule has 1 fully saturated rings.